The van der Waals surface area contributed by atoms with E-state index in [1.54, 1.807) is 0 Å². The molecular formula is C5H7F3O2S. The fourth-order valence-corrected chi connectivity index (χ4v) is 0.933. The predicted molar refractivity (Wildman–Crippen MR) is 35.4 cm³/mol. The van der Waals surface area contributed by atoms with Crippen LogP contribution in [0, 0.1) is 0 Å². The molecule has 0 unspecified atom stereocenters. The van der Waals surface area contributed by atoms with Gasteiger partial charge in [0.25, 0.3) is 6.47 Å². The standard InChI is InChI=1S/C5H7F3O2S/c6-5(7,8)3-11-2-1-10-4-9/h4H,1-3H2. The van der Waals surface area contributed by atoms with E-state index in [0.29, 0.717) is 11.8 Å². The van der Waals surface area contributed by atoms with Crippen LogP contribution in [0.5, 0.6) is 0 Å². The number of thioether (sulfide) groups is 1. The molecule has 2 nitrogen and oxygen atoms in total. The van der Waals surface area contributed by atoms with Crippen LogP contribution in [0.2, 0.25) is 0 Å². The van der Waals surface area contributed by atoms with E-state index in [9.17, 15) is 18.0 Å². The first-order chi connectivity index (χ1) is 5.06. The molecule has 0 radical (unpaired) electrons. The highest BCUT2D eigenvalue weighted by molar-refractivity contribution is 7.99. The van der Waals surface area contributed by atoms with Gasteiger partial charge in [-0.05, 0) is 0 Å². The van der Waals surface area contributed by atoms with E-state index in [4.69, 9.17) is 0 Å². The summed E-state index contributed by atoms with van der Waals surface area (Å²) >= 11 is 0.691. The van der Waals surface area contributed by atoms with Crippen LogP contribution in [0.1, 0.15) is 0 Å². The highest BCUT2D eigenvalue weighted by Gasteiger charge is 2.26. The average Bonchev–Trinajstić information content (AvgIpc) is 1.85. The highest BCUT2D eigenvalue weighted by atomic mass is 32.2. The number of hydrogen-bond acceptors (Lipinski definition) is 3. The second kappa shape index (κ2) is 5.29. The molecule has 0 fully saturated rings. The van der Waals surface area contributed by atoms with Gasteiger partial charge < -0.3 is 4.74 Å². The van der Waals surface area contributed by atoms with Crippen LogP contribution in [0.3, 0.4) is 0 Å². The Hall–Kier alpha value is -0.390. The van der Waals surface area contributed by atoms with Crippen molar-refractivity contribution >= 4 is 18.2 Å². The Labute approximate surface area is 66.1 Å². The number of carbonyl (C=O) groups is 1. The van der Waals surface area contributed by atoms with Gasteiger partial charge in [-0.15, -0.1) is 11.8 Å². The van der Waals surface area contributed by atoms with Gasteiger partial charge >= 0.3 is 6.18 Å². The lowest BCUT2D eigenvalue weighted by molar-refractivity contribution is -0.128. The van der Waals surface area contributed by atoms with Gasteiger partial charge in [0, 0.05) is 5.75 Å². The lowest BCUT2D eigenvalue weighted by atomic mass is 10.8. The van der Waals surface area contributed by atoms with E-state index >= 15 is 0 Å². The third kappa shape index (κ3) is 9.61. The molecule has 0 saturated heterocycles. The molecule has 0 aliphatic rings. The Kier molecular flexibility index (Phi) is 5.10. The summed E-state index contributed by atoms with van der Waals surface area (Å²) < 4.78 is 38.5. The van der Waals surface area contributed by atoms with Gasteiger partial charge in [0.2, 0.25) is 0 Å². The predicted octanol–water partition coefficient (Wildman–Crippen LogP) is 1.45. The third-order valence-electron chi connectivity index (χ3n) is 0.679. The topological polar surface area (TPSA) is 26.3 Å². The van der Waals surface area contributed by atoms with Crippen LogP contribution in [-0.4, -0.2) is 30.8 Å². The maximum atomic E-state index is 11.4. The second-order valence-corrected chi connectivity index (χ2v) is 2.74. The molecule has 0 rings (SSSR count). The van der Waals surface area contributed by atoms with E-state index in [1.807, 2.05) is 0 Å². The zero-order chi connectivity index (χ0) is 8.74. The van der Waals surface area contributed by atoms with Crippen molar-refractivity contribution in [3.63, 3.8) is 0 Å². The SMILES string of the molecule is O=COCCSCC(F)(F)F. The van der Waals surface area contributed by atoms with E-state index in [0.717, 1.165) is 0 Å². The zero-order valence-electron chi connectivity index (χ0n) is 5.56. The molecule has 0 aromatic carbocycles. The molecule has 6 heteroatoms. The largest absolute Gasteiger partial charge is 0.467 e. The maximum Gasteiger partial charge on any atom is 0.397 e. The van der Waals surface area contributed by atoms with Crippen molar-refractivity contribution in [2.24, 2.45) is 0 Å². The first kappa shape index (κ1) is 10.6. The van der Waals surface area contributed by atoms with Gasteiger partial charge in [-0.2, -0.15) is 13.2 Å². The third-order valence-corrected chi connectivity index (χ3v) is 1.67. The lowest BCUT2D eigenvalue weighted by Crippen LogP contribution is -2.12. The van der Waals surface area contributed by atoms with Crippen molar-refractivity contribution in [2.45, 2.75) is 6.18 Å². The summed E-state index contributed by atoms with van der Waals surface area (Å²) in [5, 5.41) is 0. The molecule has 0 spiro atoms. The quantitative estimate of drug-likeness (QED) is 0.482. The number of alkyl halides is 3. The minimum absolute atomic E-state index is 0.0320. The van der Waals surface area contributed by atoms with Crippen molar-refractivity contribution in [1.82, 2.24) is 0 Å². The van der Waals surface area contributed by atoms with Gasteiger partial charge in [-0.1, -0.05) is 0 Å². The van der Waals surface area contributed by atoms with Crippen LogP contribution in [-0.2, 0) is 9.53 Å². The zero-order valence-corrected chi connectivity index (χ0v) is 6.37. The van der Waals surface area contributed by atoms with Crippen LogP contribution < -0.4 is 0 Å². The average molecular weight is 188 g/mol. The number of carbonyl (C=O) groups excluding carboxylic acids is 1. The van der Waals surface area contributed by atoms with E-state index in [-0.39, 0.29) is 18.8 Å². The molecule has 0 saturated carbocycles. The smallest absolute Gasteiger partial charge is 0.397 e. The van der Waals surface area contributed by atoms with E-state index < -0.39 is 11.9 Å². The monoisotopic (exact) mass is 188 g/mol. The summed E-state index contributed by atoms with van der Waals surface area (Å²) in [7, 11) is 0. The summed E-state index contributed by atoms with van der Waals surface area (Å²) in [6.45, 7) is 0.248. The van der Waals surface area contributed by atoms with Gasteiger partial charge in [0.15, 0.2) is 0 Å². The number of rotatable bonds is 5. The van der Waals surface area contributed by atoms with Crippen LogP contribution in [0.15, 0.2) is 0 Å². The summed E-state index contributed by atoms with van der Waals surface area (Å²) in [6, 6.07) is 0. The normalized spacial score (nSPS) is 11.2. The van der Waals surface area contributed by atoms with Crippen LogP contribution in [0.25, 0.3) is 0 Å². The minimum atomic E-state index is -4.13. The fraction of sp³-hybridized carbons (Fsp3) is 0.800. The Morgan fingerprint density at radius 3 is 2.55 bits per heavy atom. The molecule has 0 amide bonds. The lowest BCUT2D eigenvalue weighted by Gasteiger charge is -2.04. The van der Waals surface area contributed by atoms with Gasteiger partial charge in [-0.25, -0.2) is 0 Å². The number of ether oxygens (including phenoxy) is 1. The number of halogens is 3. The molecule has 0 aliphatic heterocycles. The second-order valence-electron chi connectivity index (χ2n) is 1.63. The summed E-state index contributed by atoms with van der Waals surface area (Å²) in [5.74, 6) is -0.715. The first-order valence-electron chi connectivity index (χ1n) is 2.76. The molecule has 0 aromatic heterocycles. The molecule has 0 bridgehead atoms. The summed E-state index contributed by atoms with van der Waals surface area (Å²) in [6.07, 6.45) is -4.13. The molecule has 0 atom stereocenters. The van der Waals surface area contributed by atoms with Crippen molar-refractivity contribution in [3.8, 4) is 0 Å². The molecule has 0 aromatic rings. The molecular weight excluding hydrogens is 181 g/mol. The maximum absolute atomic E-state index is 11.4. The van der Waals surface area contributed by atoms with Crippen molar-refractivity contribution < 1.29 is 22.7 Å². The molecule has 11 heavy (non-hydrogen) atoms. The number of hydrogen-bond donors (Lipinski definition) is 0. The highest BCUT2D eigenvalue weighted by Crippen LogP contribution is 2.20. The van der Waals surface area contributed by atoms with Crippen LogP contribution in [0.4, 0.5) is 13.2 Å². The summed E-state index contributed by atoms with van der Waals surface area (Å²) in [4.78, 5) is 9.51. The Balaban J connectivity index is 3.08. The Morgan fingerprint density at radius 1 is 1.45 bits per heavy atom. The minimum Gasteiger partial charge on any atom is -0.467 e. The Morgan fingerprint density at radius 2 is 2.09 bits per heavy atom. The van der Waals surface area contributed by atoms with E-state index in [2.05, 4.69) is 4.74 Å². The van der Waals surface area contributed by atoms with Crippen LogP contribution >= 0.6 is 11.8 Å². The van der Waals surface area contributed by atoms with Crippen molar-refractivity contribution in [1.29, 1.82) is 0 Å². The fourth-order valence-electron chi connectivity index (χ4n) is 0.343. The molecule has 0 heterocycles. The summed E-state index contributed by atoms with van der Waals surface area (Å²) in [5.41, 5.74) is 0. The van der Waals surface area contributed by atoms with Gasteiger partial charge in [-0.3, -0.25) is 4.79 Å². The molecule has 0 N–H and O–H groups in total. The first-order valence-corrected chi connectivity index (χ1v) is 3.91. The molecule has 0 aliphatic carbocycles. The van der Waals surface area contributed by atoms with Gasteiger partial charge in [0.05, 0.1) is 5.75 Å². The molecule has 66 valence electrons. The van der Waals surface area contributed by atoms with Crippen molar-refractivity contribution in [2.75, 3.05) is 18.1 Å². The van der Waals surface area contributed by atoms with Crippen molar-refractivity contribution in [3.05, 3.63) is 0 Å². The Bertz CT molecular complexity index is 115. The van der Waals surface area contributed by atoms with Gasteiger partial charge in [0.1, 0.15) is 6.61 Å². The van der Waals surface area contributed by atoms with E-state index in [1.165, 1.54) is 0 Å².